The van der Waals surface area contributed by atoms with Gasteiger partial charge >= 0.3 is 5.72 Å². The number of hydrogen-bond acceptors (Lipinski definition) is 5. The minimum Gasteiger partial charge on any atom is -0.493 e. The number of benzene rings is 3. The lowest BCUT2D eigenvalue weighted by atomic mass is 9.92. The Morgan fingerprint density at radius 3 is 2.81 bits per heavy atom. The summed E-state index contributed by atoms with van der Waals surface area (Å²) >= 11 is 9.62. The quantitative estimate of drug-likeness (QED) is 0.497. The second-order valence-electron chi connectivity index (χ2n) is 7.89. The molecule has 32 heavy (non-hydrogen) atoms. The molecule has 0 bridgehead atoms. The summed E-state index contributed by atoms with van der Waals surface area (Å²) in [4.78, 5) is 13.5. The average Bonchev–Trinajstić information content (AvgIpc) is 3.35. The number of anilines is 1. The molecule has 2 unspecified atom stereocenters. The zero-order valence-corrected chi connectivity index (χ0v) is 19.3. The first-order chi connectivity index (χ1) is 15.5. The van der Waals surface area contributed by atoms with E-state index in [1.807, 2.05) is 60.7 Å². The molecule has 8 heteroatoms. The van der Waals surface area contributed by atoms with Crippen molar-refractivity contribution in [2.45, 2.75) is 18.2 Å². The van der Waals surface area contributed by atoms with Crippen LogP contribution in [0.25, 0.3) is 0 Å². The van der Waals surface area contributed by atoms with Gasteiger partial charge in [0.05, 0.1) is 30.1 Å². The van der Waals surface area contributed by atoms with E-state index < -0.39 is 5.72 Å². The summed E-state index contributed by atoms with van der Waals surface area (Å²) < 4.78 is 13.0. The fourth-order valence-corrected chi connectivity index (χ4v) is 5.17. The van der Waals surface area contributed by atoms with Gasteiger partial charge in [-0.15, -0.1) is 0 Å². The molecule has 1 N–H and O–H groups in total. The number of methoxy groups -OCH3 is 1. The first kappa shape index (κ1) is 19.6. The van der Waals surface area contributed by atoms with Crippen LogP contribution in [0.1, 0.15) is 29.2 Å². The summed E-state index contributed by atoms with van der Waals surface area (Å²) in [5.41, 5.74) is 2.71. The number of carbonyl (C=O) groups is 1. The Morgan fingerprint density at radius 2 is 2.03 bits per heavy atom. The summed E-state index contributed by atoms with van der Waals surface area (Å²) in [7, 11) is 1.60. The standard InChI is InChI=1S/C24H17BrClN3O3/c1-31-21-4-2-3-16-20-12-19(13-5-8-15(26)9-6-13)28-29(20)24(32-22(16)21)17-11-14(25)7-10-18(17)27-23(24)30/h2-11,20H,12H2,1H3,(H,27,30). The van der Waals surface area contributed by atoms with Gasteiger partial charge in [-0.05, 0) is 42.0 Å². The van der Waals surface area contributed by atoms with Crippen LogP contribution in [0, 0.1) is 0 Å². The van der Waals surface area contributed by atoms with Crippen molar-refractivity contribution in [3.63, 3.8) is 0 Å². The maximum Gasteiger partial charge on any atom is 0.306 e. The van der Waals surface area contributed by atoms with Crippen LogP contribution in [-0.2, 0) is 10.5 Å². The number of para-hydroxylation sites is 1. The maximum atomic E-state index is 13.5. The van der Waals surface area contributed by atoms with Crippen LogP contribution < -0.4 is 14.8 Å². The van der Waals surface area contributed by atoms with Crippen molar-refractivity contribution in [1.82, 2.24) is 5.01 Å². The molecular formula is C24H17BrClN3O3. The molecule has 1 amide bonds. The summed E-state index contributed by atoms with van der Waals surface area (Å²) in [6, 6.07) is 18.8. The highest BCUT2D eigenvalue weighted by Crippen LogP contribution is 2.56. The maximum absolute atomic E-state index is 13.5. The van der Waals surface area contributed by atoms with Crippen molar-refractivity contribution >= 4 is 44.8 Å². The van der Waals surface area contributed by atoms with E-state index in [1.54, 1.807) is 12.1 Å². The molecule has 160 valence electrons. The Kier molecular flexibility index (Phi) is 4.29. The van der Waals surface area contributed by atoms with Crippen molar-refractivity contribution in [2.75, 3.05) is 12.4 Å². The topological polar surface area (TPSA) is 63.2 Å². The van der Waals surface area contributed by atoms with Crippen LogP contribution in [0.5, 0.6) is 11.5 Å². The molecule has 3 aliphatic rings. The molecule has 0 saturated heterocycles. The van der Waals surface area contributed by atoms with Gasteiger partial charge < -0.3 is 14.8 Å². The molecule has 0 aliphatic carbocycles. The zero-order valence-electron chi connectivity index (χ0n) is 16.9. The predicted octanol–water partition coefficient (Wildman–Crippen LogP) is 5.46. The number of nitrogens with one attached hydrogen (secondary N) is 1. The third kappa shape index (κ3) is 2.64. The molecule has 3 aromatic rings. The summed E-state index contributed by atoms with van der Waals surface area (Å²) in [6.45, 7) is 0. The number of nitrogens with zero attached hydrogens (tertiary/aromatic N) is 2. The van der Waals surface area contributed by atoms with Gasteiger partial charge in [-0.25, -0.2) is 5.01 Å². The third-order valence-electron chi connectivity index (χ3n) is 6.15. The molecule has 0 fully saturated rings. The molecule has 3 aliphatic heterocycles. The van der Waals surface area contributed by atoms with E-state index in [2.05, 4.69) is 21.2 Å². The van der Waals surface area contributed by atoms with Crippen LogP contribution >= 0.6 is 27.5 Å². The van der Waals surface area contributed by atoms with Gasteiger partial charge in [0.1, 0.15) is 0 Å². The summed E-state index contributed by atoms with van der Waals surface area (Å²) in [5.74, 6) is 0.859. The number of ether oxygens (including phenoxy) is 2. The normalized spacial score (nSPS) is 22.6. The second kappa shape index (κ2) is 6.98. The number of rotatable bonds is 2. The molecule has 0 aromatic heterocycles. The van der Waals surface area contributed by atoms with E-state index in [4.69, 9.17) is 26.2 Å². The van der Waals surface area contributed by atoms with Crippen LogP contribution in [0.4, 0.5) is 5.69 Å². The fourth-order valence-electron chi connectivity index (χ4n) is 4.68. The van der Waals surface area contributed by atoms with E-state index in [0.29, 0.717) is 34.2 Å². The van der Waals surface area contributed by atoms with E-state index >= 15 is 0 Å². The van der Waals surface area contributed by atoms with Gasteiger partial charge in [0.25, 0.3) is 5.91 Å². The minimum absolute atomic E-state index is 0.199. The van der Waals surface area contributed by atoms with Crippen LogP contribution in [0.15, 0.2) is 70.2 Å². The third-order valence-corrected chi connectivity index (χ3v) is 6.90. The van der Waals surface area contributed by atoms with E-state index in [-0.39, 0.29) is 11.9 Å². The number of halogens is 2. The van der Waals surface area contributed by atoms with Crippen molar-refractivity contribution in [2.24, 2.45) is 5.10 Å². The van der Waals surface area contributed by atoms with Gasteiger partial charge in [0.2, 0.25) is 0 Å². The number of fused-ring (bicyclic) bond motifs is 6. The van der Waals surface area contributed by atoms with E-state index in [1.165, 1.54) is 0 Å². The molecule has 6 rings (SSSR count). The average molecular weight is 511 g/mol. The highest BCUT2D eigenvalue weighted by atomic mass is 79.9. The summed E-state index contributed by atoms with van der Waals surface area (Å²) in [6.07, 6.45) is 0.615. The molecule has 0 saturated carbocycles. The van der Waals surface area contributed by atoms with Gasteiger partial charge in [0.15, 0.2) is 11.5 Å². The molecular weight excluding hydrogens is 494 g/mol. The van der Waals surface area contributed by atoms with Gasteiger partial charge in [-0.1, -0.05) is 51.8 Å². The van der Waals surface area contributed by atoms with Crippen molar-refractivity contribution in [1.29, 1.82) is 0 Å². The SMILES string of the molecule is COc1cccc2c1OC1(C(=O)Nc3ccc(Br)cc31)N1N=C(c3ccc(Cl)cc3)CC21. The lowest BCUT2D eigenvalue weighted by Gasteiger charge is -2.44. The second-order valence-corrected chi connectivity index (χ2v) is 9.24. The number of hydrazone groups is 1. The highest BCUT2D eigenvalue weighted by Gasteiger charge is 2.61. The number of amides is 1. The van der Waals surface area contributed by atoms with Crippen molar-refractivity contribution < 1.29 is 14.3 Å². The Bertz CT molecular complexity index is 1310. The summed E-state index contributed by atoms with van der Waals surface area (Å²) in [5, 5.41) is 10.4. The predicted molar refractivity (Wildman–Crippen MR) is 125 cm³/mol. The Balaban J connectivity index is 1.59. The Hall–Kier alpha value is -3.03. The zero-order chi connectivity index (χ0) is 22.0. The van der Waals surface area contributed by atoms with E-state index in [9.17, 15) is 4.79 Å². The first-order valence-corrected chi connectivity index (χ1v) is 11.3. The fraction of sp³-hybridized carbons (Fsp3) is 0.167. The van der Waals surface area contributed by atoms with Gasteiger partial charge in [0, 0.05) is 21.5 Å². The van der Waals surface area contributed by atoms with Crippen LogP contribution in [0.3, 0.4) is 0 Å². The lowest BCUT2D eigenvalue weighted by molar-refractivity contribution is -0.161. The molecule has 2 atom stereocenters. The van der Waals surface area contributed by atoms with E-state index in [0.717, 1.165) is 21.3 Å². The smallest absolute Gasteiger partial charge is 0.306 e. The lowest BCUT2D eigenvalue weighted by Crippen LogP contribution is -2.55. The molecule has 0 radical (unpaired) electrons. The minimum atomic E-state index is -1.44. The molecule has 1 spiro atoms. The number of hydrogen-bond donors (Lipinski definition) is 1. The van der Waals surface area contributed by atoms with Gasteiger partial charge in [-0.2, -0.15) is 5.10 Å². The molecule has 3 aromatic carbocycles. The molecule has 6 nitrogen and oxygen atoms in total. The first-order valence-electron chi connectivity index (χ1n) is 10.1. The Labute approximate surface area is 197 Å². The Morgan fingerprint density at radius 1 is 1.22 bits per heavy atom. The van der Waals surface area contributed by atoms with Crippen molar-refractivity contribution in [3.05, 3.63) is 86.8 Å². The van der Waals surface area contributed by atoms with Crippen LogP contribution in [0.2, 0.25) is 5.02 Å². The van der Waals surface area contributed by atoms with Crippen molar-refractivity contribution in [3.8, 4) is 11.5 Å². The van der Waals surface area contributed by atoms with Crippen LogP contribution in [-0.4, -0.2) is 23.7 Å². The van der Waals surface area contributed by atoms with Gasteiger partial charge in [-0.3, -0.25) is 4.79 Å². The monoisotopic (exact) mass is 509 g/mol. The number of carbonyl (C=O) groups excluding carboxylic acids is 1. The highest BCUT2D eigenvalue weighted by molar-refractivity contribution is 9.10. The molecule has 3 heterocycles. The largest absolute Gasteiger partial charge is 0.493 e.